The lowest BCUT2D eigenvalue weighted by Crippen LogP contribution is -2.03. The second-order valence-electron chi connectivity index (χ2n) is 2.82. The van der Waals surface area contributed by atoms with Gasteiger partial charge in [-0.05, 0) is 37.1 Å². The summed E-state index contributed by atoms with van der Waals surface area (Å²) in [6.07, 6.45) is 0.636. The largest absolute Gasteiger partial charge is 0.411 e. The molecule has 0 saturated heterocycles. The minimum atomic E-state index is -0.488. The van der Waals surface area contributed by atoms with Gasteiger partial charge in [0.15, 0.2) is 6.40 Å². The monoisotopic (exact) mass is 177 g/mol. The molecule has 1 N–H and O–H groups in total. The zero-order valence-electron chi connectivity index (χ0n) is 7.63. The summed E-state index contributed by atoms with van der Waals surface area (Å²) in [4.78, 5) is 11.1. The maximum atomic E-state index is 11.1. The van der Waals surface area contributed by atoms with Crippen molar-refractivity contribution in [2.24, 2.45) is 0 Å². The molecule has 68 valence electrons. The Labute approximate surface area is 76.9 Å². The number of rotatable bonds is 2. The lowest BCUT2D eigenvalue weighted by Gasteiger charge is -2.02. The van der Waals surface area contributed by atoms with Crippen LogP contribution in [0.2, 0.25) is 0 Å². The van der Waals surface area contributed by atoms with Gasteiger partial charge in [-0.1, -0.05) is 6.07 Å². The summed E-state index contributed by atoms with van der Waals surface area (Å²) in [5.74, 6) is -0.488. The molecular weight excluding hydrogens is 166 g/mol. The van der Waals surface area contributed by atoms with Gasteiger partial charge in [0.25, 0.3) is 0 Å². The Hall–Kier alpha value is -1.64. The van der Waals surface area contributed by atoms with Crippen LogP contribution in [0.1, 0.15) is 21.5 Å². The van der Waals surface area contributed by atoms with E-state index < -0.39 is 5.97 Å². The molecule has 13 heavy (non-hydrogen) atoms. The number of hydrogen-bond donors (Lipinski definition) is 1. The first kappa shape index (κ1) is 9.45. The van der Waals surface area contributed by atoms with Crippen LogP contribution in [0, 0.1) is 19.3 Å². The second-order valence-corrected chi connectivity index (χ2v) is 2.82. The predicted octanol–water partition coefficient (Wildman–Crippen LogP) is 2.07. The molecule has 3 nitrogen and oxygen atoms in total. The zero-order chi connectivity index (χ0) is 9.84. The molecule has 0 atom stereocenters. The summed E-state index contributed by atoms with van der Waals surface area (Å²) < 4.78 is 4.43. The van der Waals surface area contributed by atoms with E-state index in [9.17, 15) is 4.79 Å². The van der Waals surface area contributed by atoms with E-state index in [2.05, 4.69) is 4.74 Å². The summed E-state index contributed by atoms with van der Waals surface area (Å²) >= 11 is 0. The van der Waals surface area contributed by atoms with Crippen LogP contribution in [0.3, 0.4) is 0 Å². The topological polar surface area (TPSA) is 50.2 Å². The quantitative estimate of drug-likeness (QED) is 0.427. The lowest BCUT2D eigenvalue weighted by molar-refractivity contribution is 0.0726. The van der Waals surface area contributed by atoms with Crippen LogP contribution in [0.5, 0.6) is 0 Å². The van der Waals surface area contributed by atoms with Crippen molar-refractivity contribution in [1.82, 2.24) is 0 Å². The van der Waals surface area contributed by atoms with Crippen LogP contribution in [0.25, 0.3) is 0 Å². The molecular formula is C10H11NO2. The number of ether oxygens (including phenoxy) is 1. The molecule has 0 spiro atoms. The van der Waals surface area contributed by atoms with Crippen molar-refractivity contribution in [3.8, 4) is 0 Å². The Morgan fingerprint density at radius 3 is 2.62 bits per heavy atom. The number of hydrogen-bond acceptors (Lipinski definition) is 3. The molecule has 0 fully saturated rings. The van der Waals surface area contributed by atoms with Gasteiger partial charge in [0.2, 0.25) is 0 Å². The van der Waals surface area contributed by atoms with Crippen molar-refractivity contribution in [3.05, 3.63) is 34.9 Å². The van der Waals surface area contributed by atoms with Crippen LogP contribution in [-0.4, -0.2) is 12.4 Å². The van der Waals surface area contributed by atoms with Gasteiger partial charge in [-0.3, -0.25) is 5.41 Å². The number of carbonyl (C=O) groups excluding carboxylic acids is 1. The Balaban J connectivity index is 2.96. The standard InChI is InChI=1S/C10H11NO2/c1-7-3-4-9(5-8(7)2)10(12)13-6-11/h3-6,11H,1-2H3. The van der Waals surface area contributed by atoms with Crippen LogP contribution in [0.15, 0.2) is 18.2 Å². The first-order valence-corrected chi connectivity index (χ1v) is 3.92. The maximum absolute atomic E-state index is 11.1. The molecule has 0 unspecified atom stereocenters. The highest BCUT2D eigenvalue weighted by Gasteiger charge is 2.06. The van der Waals surface area contributed by atoms with Crippen LogP contribution >= 0.6 is 0 Å². The molecule has 0 heterocycles. The normalized spacial score (nSPS) is 9.38. The first-order valence-electron chi connectivity index (χ1n) is 3.92. The third-order valence-electron chi connectivity index (χ3n) is 1.91. The summed E-state index contributed by atoms with van der Waals surface area (Å²) in [6, 6.07) is 5.30. The molecule has 1 aromatic carbocycles. The molecule has 0 bridgehead atoms. The zero-order valence-corrected chi connectivity index (χ0v) is 7.63. The van der Waals surface area contributed by atoms with Gasteiger partial charge >= 0.3 is 5.97 Å². The Morgan fingerprint density at radius 1 is 1.38 bits per heavy atom. The van der Waals surface area contributed by atoms with Crippen LogP contribution in [0.4, 0.5) is 0 Å². The van der Waals surface area contributed by atoms with Gasteiger partial charge < -0.3 is 4.74 Å². The van der Waals surface area contributed by atoms with Crippen LogP contribution < -0.4 is 0 Å². The average molecular weight is 177 g/mol. The van der Waals surface area contributed by atoms with Crippen molar-refractivity contribution in [2.45, 2.75) is 13.8 Å². The molecule has 0 aliphatic rings. The van der Waals surface area contributed by atoms with E-state index in [-0.39, 0.29) is 0 Å². The molecule has 0 radical (unpaired) electrons. The highest BCUT2D eigenvalue weighted by molar-refractivity contribution is 5.93. The van der Waals surface area contributed by atoms with Gasteiger partial charge in [0.05, 0.1) is 5.56 Å². The number of esters is 1. The number of carbonyl (C=O) groups is 1. The SMILES string of the molecule is Cc1ccc(C(=O)OC=N)cc1C. The molecule has 1 rings (SSSR count). The van der Waals surface area contributed by atoms with E-state index in [1.807, 2.05) is 19.9 Å². The van der Waals surface area contributed by atoms with E-state index >= 15 is 0 Å². The third kappa shape index (κ3) is 2.15. The van der Waals surface area contributed by atoms with Gasteiger partial charge in [-0.25, -0.2) is 4.79 Å². The lowest BCUT2D eigenvalue weighted by atomic mass is 10.1. The van der Waals surface area contributed by atoms with E-state index in [0.29, 0.717) is 12.0 Å². The summed E-state index contributed by atoms with van der Waals surface area (Å²) in [6.45, 7) is 3.90. The molecule has 0 aliphatic heterocycles. The van der Waals surface area contributed by atoms with Crippen molar-refractivity contribution in [3.63, 3.8) is 0 Å². The van der Waals surface area contributed by atoms with Crippen molar-refractivity contribution < 1.29 is 9.53 Å². The van der Waals surface area contributed by atoms with E-state index in [1.165, 1.54) is 0 Å². The van der Waals surface area contributed by atoms with Gasteiger partial charge in [0.1, 0.15) is 0 Å². The molecule has 3 heteroatoms. The third-order valence-corrected chi connectivity index (χ3v) is 1.91. The molecule has 0 amide bonds. The van der Waals surface area contributed by atoms with Gasteiger partial charge in [0, 0.05) is 0 Å². The predicted molar refractivity (Wildman–Crippen MR) is 50.1 cm³/mol. The molecule has 0 aromatic heterocycles. The van der Waals surface area contributed by atoms with E-state index in [4.69, 9.17) is 5.41 Å². The smallest absolute Gasteiger partial charge is 0.344 e. The minimum Gasteiger partial charge on any atom is -0.411 e. The highest BCUT2D eigenvalue weighted by Crippen LogP contribution is 2.10. The molecule has 0 saturated carbocycles. The van der Waals surface area contributed by atoms with Crippen molar-refractivity contribution in [1.29, 1.82) is 5.41 Å². The molecule has 1 aromatic rings. The van der Waals surface area contributed by atoms with Crippen molar-refractivity contribution in [2.75, 3.05) is 0 Å². The van der Waals surface area contributed by atoms with Gasteiger partial charge in [-0.15, -0.1) is 0 Å². The Kier molecular flexibility index (Phi) is 2.80. The number of aryl methyl sites for hydroxylation is 2. The van der Waals surface area contributed by atoms with Crippen molar-refractivity contribution >= 4 is 12.4 Å². The second kappa shape index (κ2) is 3.85. The maximum Gasteiger partial charge on any atom is 0.344 e. The fourth-order valence-electron chi connectivity index (χ4n) is 0.990. The molecule has 0 aliphatic carbocycles. The van der Waals surface area contributed by atoms with E-state index in [1.54, 1.807) is 12.1 Å². The minimum absolute atomic E-state index is 0.478. The van der Waals surface area contributed by atoms with Crippen LogP contribution in [-0.2, 0) is 4.74 Å². The highest BCUT2D eigenvalue weighted by atomic mass is 16.5. The summed E-state index contributed by atoms with van der Waals surface area (Å²) in [5.41, 5.74) is 2.65. The number of benzene rings is 1. The summed E-state index contributed by atoms with van der Waals surface area (Å²) in [7, 11) is 0. The number of nitrogens with one attached hydrogen (secondary N) is 1. The fraction of sp³-hybridized carbons (Fsp3) is 0.200. The first-order chi connectivity index (χ1) is 6.15. The average Bonchev–Trinajstić information content (AvgIpc) is 2.10. The Bertz CT molecular complexity index is 345. The Morgan fingerprint density at radius 2 is 2.08 bits per heavy atom. The summed E-state index contributed by atoms with van der Waals surface area (Å²) in [5, 5.41) is 6.61. The van der Waals surface area contributed by atoms with Gasteiger partial charge in [-0.2, -0.15) is 0 Å². The fourth-order valence-corrected chi connectivity index (χ4v) is 0.990. The van der Waals surface area contributed by atoms with E-state index in [0.717, 1.165) is 11.1 Å².